The highest BCUT2D eigenvalue weighted by molar-refractivity contribution is 7.20. The summed E-state index contributed by atoms with van der Waals surface area (Å²) in [6.07, 6.45) is -0.985. The lowest BCUT2D eigenvalue weighted by Crippen LogP contribution is -2.06. The minimum Gasteiger partial charge on any atom is -0.323 e. The molecule has 0 saturated carbocycles. The molecule has 0 saturated heterocycles. The van der Waals surface area contributed by atoms with E-state index in [0.29, 0.717) is 14.9 Å². The first-order valence-corrected chi connectivity index (χ1v) is 8.25. The van der Waals surface area contributed by atoms with Gasteiger partial charge in [0.2, 0.25) is 0 Å². The van der Waals surface area contributed by atoms with Gasteiger partial charge >= 0.3 is 6.18 Å². The largest absolute Gasteiger partial charge is 0.434 e. The molecule has 3 rings (SSSR count). The second-order valence-electron chi connectivity index (χ2n) is 4.63. The van der Waals surface area contributed by atoms with E-state index in [0.717, 1.165) is 17.5 Å². The summed E-state index contributed by atoms with van der Waals surface area (Å²) in [6, 6.07) is 1.47. The van der Waals surface area contributed by atoms with E-state index in [1.807, 2.05) is 0 Å². The Morgan fingerprint density at radius 2 is 1.79 bits per heavy atom. The Morgan fingerprint density at radius 3 is 2.33 bits per heavy atom. The molecule has 0 radical (unpaired) electrons. The van der Waals surface area contributed by atoms with E-state index in [1.54, 1.807) is 0 Å². The Balaban J connectivity index is 2.07. The molecule has 126 valence electrons. The van der Waals surface area contributed by atoms with Gasteiger partial charge in [0.05, 0.1) is 15.9 Å². The molecule has 0 atom stereocenters. The molecule has 0 aliphatic carbocycles. The molecule has 11 heteroatoms. The average molecular weight is 414 g/mol. The molecule has 0 aromatic carbocycles. The summed E-state index contributed by atoms with van der Waals surface area (Å²) in [5.74, 6) is 0.318. The number of hydrogen-bond acceptors (Lipinski definition) is 4. The quantitative estimate of drug-likeness (QED) is 0.575. The van der Waals surface area contributed by atoms with Crippen LogP contribution in [-0.2, 0) is 12.7 Å². The predicted molar refractivity (Wildman–Crippen MR) is 86.7 cm³/mol. The van der Waals surface area contributed by atoms with Crippen molar-refractivity contribution in [3.8, 4) is 11.4 Å². The predicted octanol–water partition coefficient (Wildman–Crippen LogP) is 5.43. The first-order chi connectivity index (χ1) is 11.2. The van der Waals surface area contributed by atoms with E-state index in [4.69, 9.17) is 34.8 Å². The van der Waals surface area contributed by atoms with Crippen molar-refractivity contribution in [3.05, 3.63) is 49.9 Å². The minimum atomic E-state index is -4.59. The Hall–Kier alpha value is -1.35. The van der Waals surface area contributed by atoms with Gasteiger partial charge in [-0.15, -0.1) is 11.3 Å². The Bertz CT molecular complexity index is 874. The monoisotopic (exact) mass is 412 g/mol. The normalized spacial score (nSPS) is 11.9. The average Bonchev–Trinajstić information content (AvgIpc) is 3.04. The summed E-state index contributed by atoms with van der Waals surface area (Å²) in [7, 11) is 0. The maximum Gasteiger partial charge on any atom is 0.434 e. The van der Waals surface area contributed by atoms with E-state index in [1.165, 1.54) is 23.0 Å². The maximum absolute atomic E-state index is 13.0. The molecule has 3 heterocycles. The Labute approximate surface area is 152 Å². The second-order valence-corrected chi connectivity index (χ2v) is 7.35. The lowest BCUT2D eigenvalue weighted by Gasteiger charge is -2.06. The summed E-state index contributed by atoms with van der Waals surface area (Å²) >= 11 is 18.7. The fourth-order valence-electron chi connectivity index (χ4n) is 1.95. The molecule has 4 nitrogen and oxygen atoms in total. The fourth-order valence-corrected chi connectivity index (χ4v) is 3.51. The lowest BCUT2D eigenvalue weighted by molar-refractivity contribution is -0.140. The Morgan fingerprint density at radius 1 is 1.12 bits per heavy atom. The van der Waals surface area contributed by atoms with Gasteiger partial charge in [-0.05, 0) is 6.07 Å². The van der Waals surface area contributed by atoms with Crippen LogP contribution in [-0.4, -0.2) is 19.5 Å². The fraction of sp³-hybridized carbons (Fsp3) is 0.154. The zero-order valence-electron chi connectivity index (χ0n) is 11.5. The van der Waals surface area contributed by atoms with Crippen LogP contribution >= 0.6 is 46.1 Å². The lowest BCUT2D eigenvalue weighted by atomic mass is 10.3. The Kier molecular flexibility index (Phi) is 4.74. The summed E-state index contributed by atoms with van der Waals surface area (Å²) in [5, 5.41) is 0.327. The SMILES string of the molecule is FC(F)(F)c1cn(Cc2ncc(Cl)cn2)c(-c2cc(Cl)sc2Cl)n1. The number of thiophene rings is 1. The first kappa shape index (κ1) is 17.5. The molecule has 0 fully saturated rings. The maximum atomic E-state index is 13.0. The molecule has 0 aliphatic heterocycles. The third-order valence-electron chi connectivity index (χ3n) is 2.95. The van der Waals surface area contributed by atoms with Crippen LogP contribution in [0, 0.1) is 0 Å². The molecule has 0 bridgehead atoms. The van der Waals surface area contributed by atoms with Crippen molar-refractivity contribution in [2.75, 3.05) is 0 Å². The highest BCUT2D eigenvalue weighted by Crippen LogP contribution is 2.39. The van der Waals surface area contributed by atoms with Crippen molar-refractivity contribution >= 4 is 46.1 Å². The molecule has 0 N–H and O–H groups in total. The van der Waals surface area contributed by atoms with Crippen molar-refractivity contribution in [2.24, 2.45) is 0 Å². The molecule has 3 aromatic heterocycles. The van der Waals surface area contributed by atoms with Gasteiger partial charge in [0.25, 0.3) is 0 Å². The molecule has 0 aliphatic rings. The van der Waals surface area contributed by atoms with Crippen molar-refractivity contribution < 1.29 is 13.2 Å². The van der Waals surface area contributed by atoms with Crippen molar-refractivity contribution in [1.82, 2.24) is 19.5 Å². The number of hydrogen-bond donors (Lipinski definition) is 0. The van der Waals surface area contributed by atoms with E-state index < -0.39 is 11.9 Å². The van der Waals surface area contributed by atoms with E-state index in [-0.39, 0.29) is 22.5 Å². The number of aromatic nitrogens is 4. The van der Waals surface area contributed by atoms with Gasteiger partial charge in [0, 0.05) is 24.2 Å². The second kappa shape index (κ2) is 6.51. The summed E-state index contributed by atoms with van der Waals surface area (Å²) in [5.41, 5.74) is -0.721. The number of rotatable bonds is 3. The zero-order valence-corrected chi connectivity index (χ0v) is 14.6. The molecular weight excluding hydrogens is 408 g/mol. The van der Waals surface area contributed by atoms with E-state index in [9.17, 15) is 13.2 Å². The molecule has 3 aromatic rings. The summed E-state index contributed by atoms with van der Waals surface area (Å²) in [6.45, 7) is -0.0284. The topological polar surface area (TPSA) is 43.6 Å². The minimum absolute atomic E-state index is 0.0284. The number of imidazole rings is 1. The van der Waals surface area contributed by atoms with Crippen LogP contribution in [0.15, 0.2) is 24.7 Å². The molecule has 0 unspecified atom stereocenters. The standard InChI is InChI=1S/C13H6Cl3F3N4S/c14-6-2-20-10(21-3-6)5-23-4-8(13(17,18)19)22-12(23)7-1-9(15)24-11(7)16/h1-4H,5H2. The molecule has 0 spiro atoms. The van der Waals surface area contributed by atoms with Crippen LogP contribution in [0.2, 0.25) is 13.7 Å². The van der Waals surface area contributed by atoms with Gasteiger partial charge in [-0.1, -0.05) is 34.8 Å². The summed E-state index contributed by atoms with van der Waals surface area (Å²) < 4.78 is 40.9. The third-order valence-corrected chi connectivity index (χ3v) is 4.63. The van der Waals surface area contributed by atoms with Crippen molar-refractivity contribution in [3.63, 3.8) is 0 Å². The first-order valence-electron chi connectivity index (χ1n) is 6.30. The van der Waals surface area contributed by atoms with Gasteiger partial charge in [0.1, 0.15) is 16.0 Å². The molecule has 0 amide bonds. The van der Waals surface area contributed by atoms with Gasteiger partial charge in [-0.2, -0.15) is 13.2 Å². The highest BCUT2D eigenvalue weighted by atomic mass is 35.5. The van der Waals surface area contributed by atoms with Crippen LogP contribution in [0.5, 0.6) is 0 Å². The highest BCUT2D eigenvalue weighted by Gasteiger charge is 2.35. The van der Waals surface area contributed by atoms with Gasteiger partial charge in [0.15, 0.2) is 5.69 Å². The third kappa shape index (κ3) is 3.66. The number of nitrogens with zero attached hydrogens (tertiary/aromatic N) is 4. The number of halogens is 6. The van der Waals surface area contributed by atoms with Gasteiger partial charge in [-0.25, -0.2) is 15.0 Å². The van der Waals surface area contributed by atoms with Crippen molar-refractivity contribution in [2.45, 2.75) is 12.7 Å². The van der Waals surface area contributed by atoms with Gasteiger partial charge < -0.3 is 4.57 Å². The van der Waals surface area contributed by atoms with E-state index in [2.05, 4.69) is 15.0 Å². The van der Waals surface area contributed by atoms with Crippen molar-refractivity contribution in [1.29, 1.82) is 0 Å². The smallest absolute Gasteiger partial charge is 0.323 e. The summed E-state index contributed by atoms with van der Waals surface area (Å²) in [4.78, 5) is 11.6. The van der Waals surface area contributed by atoms with Crippen LogP contribution in [0.25, 0.3) is 11.4 Å². The van der Waals surface area contributed by atoms with E-state index >= 15 is 0 Å². The zero-order chi connectivity index (χ0) is 17.5. The molecule has 24 heavy (non-hydrogen) atoms. The van der Waals surface area contributed by atoms with Crippen LogP contribution < -0.4 is 0 Å². The van der Waals surface area contributed by atoms with Gasteiger partial charge in [-0.3, -0.25) is 0 Å². The van der Waals surface area contributed by atoms with Crippen LogP contribution in [0.3, 0.4) is 0 Å². The van der Waals surface area contributed by atoms with Crippen LogP contribution in [0.1, 0.15) is 11.5 Å². The number of alkyl halides is 3. The van der Waals surface area contributed by atoms with Crippen LogP contribution in [0.4, 0.5) is 13.2 Å². The molecular formula is C13H6Cl3F3N4S.